The molecule has 0 aromatic rings. The van der Waals surface area contributed by atoms with E-state index in [1.54, 1.807) is 20.8 Å². The SMILES string of the molecule is CCOC(=O)O[C@]1(C(=O)CCl)[C@@H](C)C[C@H]2[C@@H]3CC(=O)C4=CC(=O)C=C[C@]4(C)[C@@]3(F)C(=O)C[C@@]21C. The number of rotatable bonds is 4. The van der Waals surface area contributed by atoms with Gasteiger partial charge in [0, 0.05) is 35.7 Å². The molecule has 0 radical (unpaired) electrons. The fraction of sp³-hybridized carbons (Fsp3) is 0.640. The van der Waals surface area contributed by atoms with Gasteiger partial charge >= 0.3 is 6.16 Å². The Morgan fingerprint density at radius 2 is 1.88 bits per heavy atom. The monoisotopic (exact) mass is 494 g/mol. The molecule has 9 heteroatoms. The largest absolute Gasteiger partial charge is 0.509 e. The highest BCUT2D eigenvalue weighted by atomic mass is 35.5. The highest BCUT2D eigenvalue weighted by Gasteiger charge is 2.78. The van der Waals surface area contributed by atoms with E-state index < -0.39 is 81.4 Å². The molecule has 34 heavy (non-hydrogen) atoms. The molecule has 0 N–H and O–H groups in total. The maximum absolute atomic E-state index is 17.1. The van der Waals surface area contributed by atoms with Gasteiger partial charge in [0.15, 0.2) is 34.4 Å². The Bertz CT molecular complexity index is 1070. The molecule has 0 aromatic heterocycles. The molecule has 0 amide bonds. The lowest BCUT2D eigenvalue weighted by molar-refractivity contribution is -0.188. The van der Waals surface area contributed by atoms with Crippen LogP contribution in [0.3, 0.4) is 0 Å². The summed E-state index contributed by atoms with van der Waals surface area (Å²) >= 11 is 5.95. The molecule has 0 heterocycles. The van der Waals surface area contributed by atoms with Crippen molar-refractivity contribution < 1.29 is 37.8 Å². The number of carbonyl (C=O) groups excluding carboxylic acids is 5. The second-order valence-corrected chi connectivity index (χ2v) is 10.5. The van der Waals surface area contributed by atoms with Crippen molar-refractivity contribution in [3.05, 3.63) is 23.8 Å². The van der Waals surface area contributed by atoms with Gasteiger partial charge in [-0.3, -0.25) is 19.2 Å². The van der Waals surface area contributed by atoms with Gasteiger partial charge < -0.3 is 9.47 Å². The van der Waals surface area contributed by atoms with E-state index in [1.807, 2.05) is 0 Å². The van der Waals surface area contributed by atoms with Gasteiger partial charge in [0.1, 0.15) is 0 Å². The second kappa shape index (κ2) is 7.83. The minimum atomic E-state index is -2.46. The lowest BCUT2D eigenvalue weighted by atomic mass is 9.45. The number of Topliss-reactive ketones (excluding diaryl/α,β-unsaturated/α-hetero) is 3. The third kappa shape index (κ3) is 2.84. The van der Waals surface area contributed by atoms with E-state index in [0.29, 0.717) is 0 Å². The van der Waals surface area contributed by atoms with Crippen molar-refractivity contribution in [1.82, 2.24) is 0 Å². The minimum absolute atomic E-state index is 0.00683. The molecule has 0 aliphatic heterocycles. The van der Waals surface area contributed by atoms with Gasteiger partial charge in [-0.25, -0.2) is 9.18 Å². The number of alkyl halides is 2. The maximum Gasteiger partial charge on any atom is 0.509 e. The Morgan fingerprint density at radius 1 is 1.21 bits per heavy atom. The molecule has 3 saturated carbocycles. The Hall–Kier alpha value is -2.35. The zero-order chi connectivity index (χ0) is 25.3. The van der Waals surface area contributed by atoms with Gasteiger partial charge in [-0.1, -0.05) is 19.9 Å². The van der Waals surface area contributed by atoms with E-state index >= 15 is 4.39 Å². The lowest BCUT2D eigenvalue weighted by Gasteiger charge is -2.59. The molecule has 4 rings (SSSR count). The molecule has 3 fully saturated rings. The first kappa shape index (κ1) is 24.8. The van der Waals surface area contributed by atoms with E-state index in [0.717, 1.165) is 6.08 Å². The number of hydrogen-bond donors (Lipinski definition) is 0. The van der Waals surface area contributed by atoms with Crippen LogP contribution in [0.15, 0.2) is 23.8 Å². The molecule has 0 bridgehead atoms. The van der Waals surface area contributed by atoms with Gasteiger partial charge in [0.05, 0.1) is 17.9 Å². The normalized spacial score (nSPS) is 42.9. The molecule has 4 aliphatic carbocycles. The zero-order valence-electron chi connectivity index (χ0n) is 19.6. The van der Waals surface area contributed by atoms with Gasteiger partial charge in [0.25, 0.3) is 0 Å². The molecule has 0 spiro atoms. The molecule has 4 aliphatic rings. The van der Waals surface area contributed by atoms with Crippen molar-refractivity contribution in [3.63, 3.8) is 0 Å². The van der Waals surface area contributed by atoms with E-state index in [1.165, 1.54) is 19.1 Å². The van der Waals surface area contributed by atoms with E-state index in [-0.39, 0.29) is 25.0 Å². The van der Waals surface area contributed by atoms with Crippen molar-refractivity contribution in [2.75, 3.05) is 12.5 Å². The summed E-state index contributed by atoms with van der Waals surface area (Å²) in [5.74, 6) is -4.99. The first-order valence-electron chi connectivity index (χ1n) is 11.5. The predicted molar refractivity (Wildman–Crippen MR) is 119 cm³/mol. The Labute approximate surface area is 202 Å². The quantitative estimate of drug-likeness (QED) is 0.433. The smallest absolute Gasteiger partial charge is 0.435 e. The van der Waals surface area contributed by atoms with Crippen LogP contribution in [0.1, 0.15) is 47.0 Å². The summed E-state index contributed by atoms with van der Waals surface area (Å²) in [4.78, 5) is 64.5. The topological polar surface area (TPSA) is 104 Å². The van der Waals surface area contributed by atoms with E-state index in [9.17, 15) is 24.0 Å². The average Bonchev–Trinajstić information content (AvgIpc) is 2.99. The predicted octanol–water partition coefficient (Wildman–Crippen LogP) is 3.71. The fourth-order valence-electron chi connectivity index (χ4n) is 7.34. The van der Waals surface area contributed by atoms with Crippen molar-refractivity contribution in [3.8, 4) is 0 Å². The van der Waals surface area contributed by atoms with Crippen LogP contribution >= 0.6 is 11.6 Å². The van der Waals surface area contributed by atoms with Crippen LogP contribution in [0.25, 0.3) is 0 Å². The number of fused-ring (bicyclic) bond motifs is 5. The highest BCUT2D eigenvalue weighted by molar-refractivity contribution is 6.29. The van der Waals surface area contributed by atoms with Gasteiger partial charge in [-0.2, -0.15) is 0 Å². The summed E-state index contributed by atoms with van der Waals surface area (Å²) in [6, 6.07) is 0. The third-order valence-corrected chi connectivity index (χ3v) is 9.07. The Morgan fingerprint density at radius 3 is 2.50 bits per heavy atom. The summed E-state index contributed by atoms with van der Waals surface area (Å²) in [6.07, 6.45) is 2.11. The highest BCUT2D eigenvalue weighted by Crippen LogP contribution is 2.70. The third-order valence-electron chi connectivity index (χ3n) is 8.83. The zero-order valence-corrected chi connectivity index (χ0v) is 20.4. The van der Waals surface area contributed by atoms with Crippen molar-refractivity contribution in [2.24, 2.45) is 28.6 Å². The molecular weight excluding hydrogens is 467 g/mol. The lowest BCUT2D eigenvalue weighted by Crippen LogP contribution is -2.69. The van der Waals surface area contributed by atoms with Crippen LogP contribution < -0.4 is 0 Å². The van der Waals surface area contributed by atoms with Crippen LogP contribution in [-0.2, 0) is 28.7 Å². The van der Waals surface area contributed by atoms with Gasteiger partial charge in [-0.15, -0.1) is 11.6 Å². The van der Waals surface area contributed by atoms with Gasteiger partial charge in [0.2, 0.25) is 0 Å². The summed E-state index contributed by atoms with van der Waals surface area (Å²) in [5.41, 5.74) is -7.17. The van der Waals surface area contributed by atoms with Crippen LogP contribution in [0.4, 0.5) is 9.18 Å². The molecule has 0 saturated heterocycles. The summed E-state index contributed by atoms with van der Waals surface area (Å²) < 4.78 is 27.8. The standard InChI is InChI=1S/C25H28ClFO7/c1-5-33-21(32)34-25(20(31)12-26)13(2)8-15-16-10-18(29)17-9-14(28)6-7-22(17,3)24(16,27)19(30)11-23(15,25)4/h6-7,9,13,15-16H,5,8,10-12H2,1-4H3/t13-,15-,16-,22-,23-,24-,25-/m0/s1. The molecular formula is C25H28ClFO7. The first-order chi connectivity index (χ1) is 15.8. The molecule has 7 nitrogen and oxygen atoms in total. The van der Waals surface area contributed by atoms with Crippen LogP contribution in [0.2, 0.25) is 0 Å². The molecule has 7 atom stereocenters. The van der Waals surface area contributed by atoms with Crippen molar-refractivity contribution in [2.45, 2.75) is 58.2 Å². The van der Waals surface area contributed by atoms with Crippen LogP contribution in [-0.4, -0.2) is 53.0 Å². The van der Waals surface area contributed by atoms with Gasteiger partial charge in [-0.05, 0) is 38.3 Å². The summed E-state index contributed by atoms with van der Waals surface area (Å²) in [5, 5.41) is 0. The van der Waals surface area contributed by atoms with E-state index in [2.05, 4.69) is 0 Å². The first-order valence-corrected chi connectivity index (χ1v) is 12.0. The number of hydrogen-bond acceptors (Lipinski definition) is 7. The summed E-state index contributed by atoms with van der Waals surface area (Å²) in [6.45, 7) is 6.41. The molecule has 0 unspecified atom stereocenters. The number of ketones is 4. The van der Waals surface area contributed by atoms with Crippen molar-refractivity contribution in [1.29, 1.82) is 0 Å². The average molecular weight is 495 g/mol. The number of halogens is 2. The van der Waals surface area contributed by atoms with E-state index in [4.69, 9.17) is 21.1 Å². The molecule has 184 valence electrons. The number of carbonyl (C=O) groups is 5. The Kier molecular flexibility index (Phi) is 5.71. The summed E-state index contributed by atoms with van der Waals surface area (Å²) in [7, 11) is 0. The van der Waals surface area contributed by atoms with Crippen molar-refractivity contribution >= 4 is 40.9 Å². The minimum Gasteiger partial charge on any atom is -0.435 e. The number of allylic oxidation sites excluding steroid dienone is 4. The number of ether oxygens (including phenoxy) is 2. The molecule has 0 aromatic carbocycles. The van der Waals surface area contributed by atoms with Crippen LogP contribution in [0, 0.1) is 28.6 Å². The fourth-order valence-corrected chi connectivity index (χ4v) is 7.54. The van der Waals surface area contributed by atoms with Crippen LogP contribution in [0.5, 0.6) is 0 Å². The maximum atomic E-state index is 17.1. The second-order valence-electron chi connectivity index (χ2n) is 10.3. The Balaban J connectivity index is 1.88.